The molecule has 0 bridgehead atoms. The summed E-state index contributed by atoms with van der Waals surface area (Å²) in [6.07, 6.45) is 5.05. The molecule has 0 saturated carbocycles. The number of rotatable bonds is 5. The lowest BCUT2D eigenvalue weighted by atomic mass is 9.79. The average Bonchev–Trinajstić information content (AvgIpc) is 3.10. The predicted octanol–water partition coefficient (Wildman–Crippen LogP) is 1.24. The standard InChI is InChI=1S/C17H22N4O2/c18-13-17(6-8-23-9-7-17)16(22)19-10-14-11-20-21(12-14)15-4-2-1-3-5-15/h1-5,11-12H,6-10,13,18H2,(H,19,22). The smallest absolute Gasteiger partial charge is 0.227 e. The van der Waals surface area contributed by atoms with Gasteiger partial charge in [-0.3, -0.25) is 4.79 Å². The van der Waals surface area contributed by atoms with Crippen LogP contribution in [0.2, 0.25) is 0 Å². The van der Waals surface area contributed by atoms with Gasteiger partial charge in [0.05, 0.1) is 17.3 Å². The predicted molar refractivity (Wildman–Crippen MR) is 87.0 cm³/mol. The van der Waals surface area contributed by atoms with Crippen LogP contribution < -0.4 is 11.1 Å². The zero-order valence-electron chi connectivity index (χ0n) is 13.1. The zero-order valence-corrected chi connectivity index (χ0v) is 13.1. The second-order valence-corrected chi connectivity index (χ2v) is 5.91. The number of carbonyl (C=O) groups excluding carboxylic acids is 1. The van der Waals surface area contributed by atoms with Crippen LogP contribution in [0.15, 0.2) is 42.7 Å². The van der Waals surface area contributed by atoms with Crippen LogP contribution in [-0.2, 0) is 16.1 Å². The molecular weight excluding hydrogens is 292 g/mol. The van der Waals surface area contributed by atoms with Crippen molar-refractivity contribution < 1.29 is 9.53 Å². The molecule has 2 aromatic rings. The number of carbonyl (C=O) groups is 1. The molecule has 1 aliphatic heterocycles. The number of hydrogen-bond donors (Lipinski definition) is 2. The SMILES string of the molecule is NCC1(C(=O)NCc2cnn(-c3ccccc3)c2)CCOCC1. The zero-order chi connectivity index (χ0) is 16.1. The van der Waals surface area contributed by atoms with Crippen LogP contribution in [0.4, 0.5) is 0 Å². The molecule has 6 nitrogen and oxygen atoms in total. The van der Waals surface area contributed by atoms with E-state index >= 15 is 0 Å². The summed E-state index contributed by atoms with van der Waals surface area (Å²) in [5.74, 6) is 0.00996. The third-order valence-electron chi connectivity index (χ3n) is 4.43. The highest BCUT2D eigenvalue weighted by atomic mass is 16.5. The summed E-state index contributed by atoms with van der Waals surface area (Å²) in [6, 6.07) is 9.87. The maximum Gasteiger partial charge on any atom is 0.227 e. The van der Waals surface area contributed by atoms with Crippen LogP contribution in [0.25, 0.3) is 5.69 Å². The second-order valence-electron chi connectivity index (χ2n) is 5.91. The van der Waals surface area contributed by atoms with Crippen molar-refractivity contribution in [2.45, 2.75) is 19.4 Å². The maximum absolute atomic E-state index is 12.5. The van der Waals surface area contributed by atoms with Crippen LogP contribution in [0.1, 0.15) is 18.4 Å². The van der Waals surface area contributed by atoms with E-state index < -0.39 is 5.41 Å². The molecule has 2 heterocycles. The Balaban J connectivity index is 1.62. The summed E-state index contributed by atoms with van der Waals surface area (Å²) in [5, 5.41) is 7.33. The number of benzene rings is 1. The summed E-state index contributed by atoms with van der Waals surface area (Å²) >= 11 is 0. The first-order valence-corrected chi connectivity index (χ1v) is 7.89. The Morgan fingerprint density at radius 3 is 2.74 bits per heavy atom. The fourth-order valence-electron chi connectivity index (χ4n) is 2.83. The van der Waals surface area contributed by atoms with Crippen molar-refractivity contribution in [2.75, 3.05) is 19.8 Å². The second kappa shape index (κ2) is 6.93. The van der Waals surface area contributed by atoms with Gasteiger partial charge in [-0.25, -0.2) is 4.68 Å². The van der Waals surface area contributed by atoms with Crippen LogP contribution in [-0.4, -0.2) is 35.4 Å². The molecule has 1 saturated heterocycles. The van der Waals surface area contributed by atoms with E-state index in [9.17, 15) is 4.79 Å². The molecule has 122 valence electrons. The Kier molecular flexibility index (Phi) is 4.73. The number of amides is 1. The summed E-state index contributed by atoms with van der Waals surface area (Å²) in [4.78, 5) is 12.5. The number of aromatic nitrogens is 2. The van der Waals surface area contributed by atoms with Gasteiger partial charge in [0.15, 0.2) is 0 Å². The minimum Gasteiger partial charge on any atom is -0.381 e. The van der Waals surface area contributed by atoms with Crippen LogP contribution in [0, 0.1) is 5.41 Å². The van der Waals surface area contributed by atoms with Crippen LogP contribution in [0.5, 0.6) is 0 Å². The lowest BCUT2D eigenvalue weighted by Gasteiger charge is -2.34. The van der Waals surface area contributed by atoms with E-state index in [1.807, 2.05) is 36.5 Å². The van der Waals surface area contributed by atoms with E-state index in [4.69, 9.17) is 10.5 Å². The van der Waals surface area contributed by atoms with Crippen molar-refractivity contribution in [3.8, 4) is 5.69 Å². The molecular formula is C17H22N4O2. The van der Waals surface area contributed by atoms with Gasteiger partial charge in [-0.15, -0.1) is 0 Å². The Labute approximate surface area is 135 Å². The number of hydrogen-bond acceptors (Lipinski definition) is 4. The number of nitrogens with one attached hydrogen (secondary N) is 1. The summed E-state index contributed by atoms with van der Waals surface area (Å²) in [6.45, 7) is 1.99. The molecule has 0 aliphatic carbocycles. The Bertz CT molecular complexity index is 648. The first-order chi connectivity index (χ1) is 11.2. The first kappa shape index (κ1) is 15.7. The van der Waals surface area contributed by atoms with Gasteiger partial charge in [-0.1, -0.05) is 18.2 Å². The first-order valence-electron chi connectivity index (χ1n) is 7.89. The van der Waals surface area contributed by atoms with Gasteiger partial charge in [-0.05, 0) is 25.0 Å². The van der Waals surface area contributed by atoms with Crippen molar-refractivity contribution in [2.24, 2.45) is 11.1 Å². The average molecular weight is 314 g/mol. The van der Waals surface area contributed by atoms with Gasteiger partial charge in [0.25, 0.3) is 0 Å². The number of para-hydroxylation sites is 1. The van der Waals surface area contributed by atoms with Crippen LogP contribution in [0.3, 0.4) is 0 Å². The fourth-order valence-corrected chi connectivity index (χ4v) is 2.83. The van der Waals surface area contributed by atoms with E-state index in [0.717, 1.165) is 11.3 Å². The van der Waals surface area contributed by atoms with Gasteiger partial charge >= 0.3 is 0 Å². The minimum absolute atomic E-state index is 0.00996. The topological polar surface area (TPSA) is 82.2 Å². The normalized spacial score (nSPS) is 16.9. The third kappa shape index (κ3) is 3.43. The Hall–Kier alpha value is -2.18. The van der Waals surface area contributed by atoms with E-state index in [0.29, 0.717) is 39.1 Å². The summed E-state index contributed by atoms with van der Waals surface area (Å²) < 4.78 is 7.14. The number of nitrogens with two attached hydrogens (primary N) is 1. The van der Waals surface area contributed by atoms with Gasteiger partial charge in [-0.2, -0.15) is 5.10 Å². The Morgan fingerprint density at radius 2 is 2.04 bits per heavy atom. The molecule has 23 heavy (non-hydrogen) atoms. The summed E-state index contributed by atoms with van der Waals surface area (Å²) in [7, 11) is 0. The number of nitrogens with zero attached hydrogens (tertiary/aromatic N) is 2. The molecule has 0 radical (unpaired) electrons. The van der Waals surface area contributed by atoms with Crippen molar-refractivity contribution >= 4 is 5.91 Å². The van der Waals surface area contributed by atoms with E-state index in [2.05, 4.69) is 10.4 Å². The van der Waals surface area contributed by atoms with E-state index in [1.165, 1.54) is 0 Å². The van der Waals surface area contributed by atoms with Crippen molar-refractivity contribution in [3.63, 3.8) is 0 Å². The highest BCUT2D eigenvalue weighted by molar-refractivity contribution is 5.83. The molecule has 1 aromatic carbocycles. The maximum atomic E-state index is 12.5. The van der Waals surface area contributed by atoms with Crippen molar-refractivity contribution in [1.29, 1.82) is 0 Å². The highest BCUT2D eigenvalue weighted by Gasteiger charge is 2.38. The molecule has 1 amide bonds. The van der Waals surface area contributed by atoms with Gasteiger partial charge in [0.1, 0.15) is 0 Å². The minimum atomic E-state index is -0.492. The molecule has 0 atom stereocenters. The quantitative estimate of drug-likeness (QED) is 0.870. The van der Waals surface area contributed by atoms with Gasteiger partial charge in [0, 0.05) is 38.1 Å². The molecule has 3 N–H and O–H groups in total. The van der Waals surface area contributed by atoms with Gasteiger partial charge in [0.2, 0.25) is 5.91 Å². The molecule has 1 aromatic heterocycles. The Morgan fingerprint density at radius 1 is 1.30 bits per heavy atom. The van der Waals surface area contributed by atoms with Gasteiger partial charge < -0.3 is 15.8 Å². The molecule has 3 rings (SSSR count). The van der Waals surface area contributed by atoms with E-state index in [1.54, 1.807) is 10.9 Å². The third-order valence-corrected chi connectivity index (χ3v) is 4.43. The highest BCUT2D eigenvalue weighted by Crippen LogP contribution is 2.29. The lowest BCUT2D eigenvalue weighted by Crippen LogP contribution is -2.48. The van der Waals surface area contributed by atoms with Crippen molar-refractivity contribution in [3.05, 3.63) is 48.3 Å². The van der Waals surface area contributed by atoms with E-state index in [-0.39, 0.29) is 5.91 Å². The monoisotopic (exact) mass is 314 g/mol. The molecule has 0 unspecified atom stereocenters. The molecule has 1 fully saturated rings. The molecule has 0 spiro atoms. The largest absolute Gasteiger partial charge is 0.381 e. The van der Waals surface area contributed by atoms with Crippen molar-refractivity contribution in [1.82, 2.24) is 15.1 Å². The summed E-state index contributed by atoms with van der Waals surface area (Å²) in [5.41, 5.74) is 7.32. The van der Waals surface area contributed by atoms with Crippen LogP contribution >= 0.6 is 0 Å². The number of ether oxygens (including phenoxy) is 1. The molecule has 1 aliphatic rings. The fraction of sp³-hybridized carbons (Fsp3) is 0.412. The molecule has 6 heteroatoms. The lowest BCUT2D eigenvalue weighted by molar-refractivity contribution is -0.136.